The predicted octanol–water partition coefficient (Wildman–Crippen LogP) is 1.34. The van der Waals surface area contributed by atoms with E-state index in [1.807, 2.05) is 4.90 Å². The Morgan fingerprint density at radius 1 is 1.18 bits per heavy atom. The number of hydrogen-bond acceptors (Lipinski definition) is 9. The zero-order chi connectivity index (χ0) is 23.8. The highest BCUT2D eigenvalue weighted by Crippen LogP contribution is 2.29. The summed E-state index contributed by atoms with van der Waals surface area (Å²) in [5.41, 5.74) is 0.248. The van der Waals surface area contributed by atoms with Gasteiger partial charge in [0.2, 0.25) is 15.9 Å². The summed E-state index contributed by atoms with van der Waals surface area (Å²) < 4.78 is 32.7. The lowest BCUT2D eigenvalue weighted by Crippen LogP contribution is -2.53. The summed E-state index contributed by atoms with van der Waals surface area (Å²) in [6, 6.07) is 3.02. The van der Waals surface area contributed by atoms with Crippen molar-refractivity contribution in [3.8, 4) is 0 Å². The molecule has 12 nitrogen and oxygen atoms in total. The summed E-state index contributed by atoms with van der Waals surface area (Å²) in [4.78, 5) is 31.5. The van der Waals surface area contributed by atoms with Crippen LogP contribution in [-0.2, 0) is 14.8 Å². The van der Waals surface area contributed by atoms with E-state index < -0.39 is 20.9 Å². The van der Waals surface area contributed by atoms with E-state index >= 15 is 0 Å². The normalized spacial score (nSPS) is 20.1. The number of nitrogens with zero attached hydrogens (tertiary/aromatic N) is 6. The molecule has 1 atom stereocenters. The van der Waals surface area contributed by atoms with E-state index in [4.69, 9.17) is 4.52 Å². The third kappa shape index (κ3) is 4.55. The summed E-state index contributed by atoms with van der Waals surface area (Å²) in [6.07, 6.45) is 2.46. The minimum Gasteiger partial charge on any atom is -0.360 e. The number of pyridine rings is 1. The summed E-state index contributed by atoms with van der Waals surface area (Å²) in [5, 5.41) is 14.6. The maximum atomic E-state index is 13.2. The molecule has 4 rings (SSSR count). The number of sulfonamides is 1. The molecule has 13 heteroatoms. The van der Waals surface area contributed by atoms with Gasteiger partial charge in [0.1, 0.15) is 22.6 Å². The van der Waals surface area contributed by atoms with Crippen molar-refractivity contribution in [3.63, 3.8) is 0 Å². The number of hydrogen-bond donors (Lipinski definition) is 0. The van der Waals surface area contributed by atoms with Crippen molar-refractivity contribution in [1.29, 1.82) is 0 Å². The Hall–Kier alpha value is -3.06. The second-order valence-electron chi connectivity index (χ2n) is 8.30. The number of anilines is 1. The Morgan fingerprint density at radius 2 is 1.91 bits per heavy atom. The molecule has 178 valence electrons. The molecule has 0 N–H and O–H groups in total. The van der Waals surface area contributed by atoms with Gasteiger partial charge in [-0.25, -0.2) is 13.4 Å². The van der Waals surface area contributed by atoms with Gasteiger partial charge in [0.15, 0.2) is 5.76 Å². The minimum atomic E-state index is -3.79. The summed E-state index contributed by atoms with van der Waals surface area (Å²) >= 11 is 0. The van der Waals surface area contributed by atoms with Crippen LogP contribution in [0.4, 0.5) is 11.5 Å². The SMILES string of the molecule is Cc1noc(C)c1S(=O)(=O)N1CCCC(C(=O)N2CCN(c3ccc([N+](=O)[O-])cn3)CC2)C1. The Balaban J connectivity index is 1.38. The van der Waals surface area contributed by atoms with Gasteiger partial charge in [0, 0.05) is 45.3 Å². The fourth-order valence-electron chi connectivity index (χ4n) is 4.42. The van der Waals surface area contributed by atoms with E-state index in [1.165, 1.54) is 16.6 Å². The first-order valence-corrected chi connectivity index (χ1v) is 12.2. The van der Waals surface area contributed by atoms with E-state index in [2.05, 4.69) is 10.1 Å². The number of amides is 1. The molecule has 0 spiro atoms. The average molecular weight is 479 g/mol. The zero-order valence-electron chi connectivity index (χ0n) is 18.5. The molecule has 0 aromatic carbocycles. The van der Waals surface area contributed by atoms with E-state index in [0.717, 1.165) is 0 Å². The molecule has 0 bridgehead atoms. The smallest absolute Gasteiger partial charge is 0.287 e. The maximum absolute atomic E-state index is 13.2. The molecule has 2 aromatic rings. The molecule has 1 unspecified atom stereocenters. The van der Waals surface area contributed by atoms with Gasteiger partial charge in [0.25, 0.3) is 5.69 Å². The fraction of sp³-hybridized carbons (Fsp3) is 0.550. The first kappa shape index (κ1) is 23.1. The zero-order valence-corrected chi connectivity index (χ0v) is 19.3. The van der Waals surface area contributed by atoms with Gasteiger partial charge >= 0.3 is 0 Å². The molecule has 2 aliphatic rings. The van der Waals surface area contributed by atoms with E-state index in [-0.39, 0.29) is 28.8 Å². The maximum Gasteiger partial charge on any atom is 0.287 e. The molecule has 2 aromatic heterocycles. The number of aromatic nitrogens is 2. The number of carbonyl (C=O) groups excluding carboxylic acids is 1. The first-order chi connectivity index (χ1) is 15.7. The van der Waals surface area contributed by atoms with E-state index in [9.17, 15) is 23.3 Å². The van der Waals surface area contributed by atoms with Crippen molar-refractivity contribution in [2.75, 3.05) is 44.2 Å². The quantitative estimate of drug-likeness (QED) is 0.459. The summed E-state index contributed by atoms with van der Waals surface area (Å²) in [5.74, 6) is 0.419. The highest BCUT2D eigenvalue weighted by atomic mass is 32.2. The predicted molar refractivity (Wildman–Crippen MR) is 117 cm³/mol. The average Bonchev–Trinajstić information content (AvgIpc) is 3.17. The standard InChI is InChI=1S/C20H26N6O6S/c1-14-19(15(2)32-22-14)33(30,31)25-7-3-4-16(13-25)20(27)24-10-8-23(9-11-24)18-6-5-17(12-21-18)26(28)29/h5-6,12,16H,3-4,7-11,13H2,1-2H3. The Morgan fingerprint density at radius 3 is 2.48 bits per heavy atom. The molecule has 0 saturated carbocycles. The lowest BCUT2D eigenvalue weighted by atomic mass is 9.98. The van der Waals surface area contributed by atoms with Crippen molar-refractivity contribution >= 4 is 27.4 Å². The third-order valence-electron chi connectivity index (χ3n) is 6.16. The lowest BCUT2D eigenvalue weighted by Gasteiger charge is -2.39. The van der Waals surface area contributed by atoms with Crippen LogP contribution < -0.4 is 4.90 Å². The van der Waals surface area contributed by atoms with Gasteiger partial charge < -0.3 is 14.3 Å². The number of piperidine rings is 1. The van der Waals surface area contributed by atoms with Gasteiger partial charge in [0.05, 0.1) is 10.8 Å². The van der Waals surface area contributed by atoms with Crippen LogP contribution in [0, 0.1) is 29.9 Å². The number of carbonyl (C=O) groups is 1. The van der Waals surface area contributed by atoms with Crippen molar-refractivity contribution in [2.45, 2.75) is 31.6 Å². The fourth-order valence-corrected chi connectivity index (χ4v) is 6.24. The molecule has 33 heavy (non-hydrogen) atoms. The van der Waals surface area contributed by atoms with Crippen molar-refractivity contribution < 1.29 is 22.7 Å². The van der Waals surface area contributed by atoms with Crippen molar-refractivity contribution in [3.05, 3.63) is 39.9 Å². The van der Waals surface area contributed by atoms with Crippen LogP contribution in [0.15, 0.2) is 27.7 Å². The Labute approximate surface area is 191 Å². The second-order valence-corrected chi connectivity index (χ2v) is 10.2. The molecule has 2 saturated heterocycles. The molecule has 1 amide bonds. The number of aryl methyl sites for hydroxylation is 2. The molecular formula is C20H26N6O6S. The van der Waals surface area contributed by atoms with Crippen LogP contribution in [0.5, 0.6) is 0 Å². The van der Waals surface area contributed by atoms with Gasteiger partial charge in [-0.1, -0.05) is 5.16 Å². The van der Waals surface area contributed by atoms with E-state index in [0.29, 0.717) is 57.1 Å². The molecule has 0 radical (unpaired) electrons. The number of piperazine rings is 1. The van der Waals surface area contributed by atoms with Crippen LogP contribution >= 0.6 is 0 Å². The largest absolute Gasteiger partial charge is 0.360 e. The lowest BCUT2D eigenvalue weighted by molar-refractivity contribution is -0.385. The first-order valence-electron chi connectivity index (χ1n) is 10.8. The number of nitro groups is 1. The summed E-state index contributed by atoms with van der Waals surface area (Å²) in [7, 11) is -3.79. The van der Waals surface area contributed by atoms with Crippen molar-refractivity contribution in [1.82, 2.24) is 19.3 Å². The monoisotopic (exact) mass is 478 g/mol. The summed E-state index contributed by atoms with van der Waals surface area (Å²) in [6.45, 7) is 5.70. The Bertz CT molecular complexity index is 1120. The van der Waals surface area contributed by atoms with Crippen LogP contribution in [-0.4, -0.2) is 77.9 Å². The Kier molecular flexibility index (Phi) is 6.34. The second kappa shape index (κ2) is 9.06. The van der Waals surface area contributed by atoms with Crippen LogP contribution in [0.25, 0.3) is 0 Å². The molecule has 2 fully saturated rings. The molecular weight excluding hydrogens is 452 g/mol. The number of rotatable bonds is 5. The van der Waals surface area contributed by atoms with Crippen molar-refractivity contribution in [2.24, 2.45) is 5.92 Å². The van der Waals surface area contributed by atoms with Gasteiger partial charge in [-0.3, -0.25) is 14.9 Å². The highest BCUT2D eigenvalue weighted by Gasteiger charge is 2.38. The molecule has 0 aliphatic carbocycles. The molecule has 2 aliphatic heterocycles. The van der Waals surface area contributed by atoms with Gasteiger partial charge in [-0.15, -0.1) is 0 Å². The van der Waals surface area contributed by atoms with Gasteiger partial charge in [-0.2, -0.15) is 4.31 Å². The third-order valence-corrected chi connectivity index (χ3v) is 8.27. The molecule has 4 heterocycles. The van der Waals surface area contributed by atoms with Crippen LogP contribution in [0.2, 0.25) is 0 Å². The van der Waals surface area contributed by atoms with E-state index in [1.54, 1.807) is 24.8 Å². The topological polar surface area (TPSA) is 143 Å². The minimum absolute atomic E-state index is 0.0510. The van der Waals surface area contributed by atoms with Crippen LogP contribution in [0.1, 0.15) is 24.3 Å². The van der Waals surface area contributed by atoms with Crippen LogP contribution in [0.3, 0.4) is 0 Å². The van der Waals surface area contributed by atoms with Gasteiger partial charge in [-0.05, 0) is 32.8 Å². The highest BCUT2D eigenvalue weighted by molar-refractivity contribution is 7.89.